The summed E-state index contributed by atoms with van der Waals surface area (Å²) in [4.78, 5) is 12.7. The summed E-state index contributed by atoms with van der Waals surface area (Å²) in [6.07, 6.45) is 0.820. The maximum atomic E-state index is 12.7. The van der Waals surface area contributed by atoms with Crippen molar-refractivity contribution in [2.45, 2.75) is 52.2 Å². The van der Waals surface area contributed by atoms with Crippen molar-refractivity contribution in [1.82, 2.24) is 5.32 Å². The van der Waals surface area contributed by atoms with Gasteiger partial charge in [-0.05, 0) is 62.9 Å². The number of ether oxygens (including phenoxy) is 1. The lowest BCUT2D eigenvalue weighted by atomic mass is 9.94. The molecule has 0 saturated heterocycles. The molecule has 25 heavy (non-hydrogen) atoms. The van der Waals surface area contributed by atoms with E-state index in [1.54, 1.807) is 12.1 Å². The zero-order chi connectivity index (χ0) is 18.4. The zero-order valence-corrected chi connectivity index (χ0v) is 16.1. The first-order valence-corrected chi connectivity index (χ1v) is 8.97. The van der Waals surface area contributed by atoms with Crippen LogP contribution in [0.3, 0.4) is 0 Å². The van der Waals surface area contributed by atoms with Crippen LogP contribution in [0.5, 0.6) is 5.75 Å². The fraction of sp³-hybridized carbons (Fsp3) is 0.381. The Kier molecular flexibility index (Phi) is 6.49. The molecule has 1 atom stereocenters. The Balaban J connectivity index is 2.02. The van der Waals surface area contributed by atoms with E-state index in [0.717, 1.165) is 12.0 Å². The number of hydrogen-bond acceptors (Lipinski definition) is 2. The number of aryl methyl sites for hydroxylation is 1. The van der Waals surface area contributed by atoms with Gasteiger partial charge in [0.1, 0.15) is 5.75 Å². The molecule has 0 spiro atoms. The molecule has 0 fully saturated rings. The number of carbonyl (C=O) groups excluding carboxylic acids is 1. The van der Waals surface area contributed by atoms with Crippen LogP contribution in [0, 0.1) is 6.92 Å². The molecule has 0 heterocycles. The van der Waals surface area contributed by atoms with Crippen LogP contribution in [0.1, 0.15) is 38.3 Å². The van der Waals surface area contributed by atoms with E-state index in [2.05, 4.69) is 17.4 Å². The number of rotatable bonds is 7. The third-order valence-corrected chi connectivity index (χ3v) is 4.45. The molecule has 2 rings (SSSR count). The van der Waals surface area contributed by atoms with Gasteiger partial charge in [0, 0.05) is 10.6 Å². The molecule has 0 aliphatic rings. The second kappa shape index (κ2) is 8.39. The lowest BCUT2D eigenvalue weighted by Crippen LogP contribution is -2.50. The largest absolute Gasteiger partial charge is 0.481 e. The van der Waals surface area contributed by atoms with Gasteiger partial charge in [-0.3, -0.25) is 4.79 Å². The van der Waals surface area contributed by atoms with Crippen LogP contribution in [0.4, 0.5) is 0 Å². The van der Waals surface area contributed by atoms with Gasteiger partial charge in [0.05, 0.1) is 0 Å². The SMILES string of the molecule is CC[C@H](Oc1ccc(Cl)c(C)c1)C(=O)NC(C)(C)Cc1ccccc1. The summed E-state index contributed by atoms with van der Waals surface area (Å²) in [6, 6.07) is 15.6. The monoisotopic (exact) mass is 359 g/mol. The van der Waals surface area contributed by atoms with Gasteiger partial charge in [0.25, 0.3) is 5.91 Å². The van der Waals surface area contributed by atoms with Crippen LogP contribution in [0.15, 0.2) is 48.5 Å². The van der Waals surface area contributed by atoms with Gasteiger partial charge >= 0.3 is 0 Å². The number of amides is 1. The Morgan fingerprint density at radius 3 is 2.48 bits per heavy atom. The third kappa shape index (κ3) is 5.79. The fourth-order valence-electron chi connectivity index (χ4n) is 2.74. The van der Waals surface area contributed by atoms with Crippen molar-refractivity contribution in [3.8, 4) is 5.75 Å². The lowest BCUT2D eigenvalue weighted by Gasteiger charge is -2.29. The third-order valence-electron chi connectivity index (χ3n) is 4.02. The van der Waals surface area contributed by atoms with Crippen LogP contribution < -0.4 is 10.1 Å². The van der Waals surface area contributed by atoms with Gasteiger partial charge in [0.2, 0.25) is 0 Å². The number of nitrogens with one attached hydrogen (secondary N) is 1. The fourth-order valence-corrected chi connectivity index (χ4v) is 2.86. The molecule has 0 radical (unpaired) electrons. The molecule has 2 aromatic rings. The molecule has 134 valence electrons. The van der Waals surface area contributed by atoms with Crippen LogP contribution in [-0.4, -0.2) is 17.6 Å². The molecule has 1 N–H and O–H groups in total. The van der Waals surface area contributed by atoms with Crippen molar-refractivity contribution in [1.29, 1.82) is 0 Å². The van der Waals surface area contributed by atoms with Crippen molar-refractivity contribution < 1.29 is 9.53 Å². The molecule has 4 heteroatoms. The molecule has 2 aromatic carbocycles. The number of hydrogen-bond donors (Lipinski definition) is 1. The zero-order valence-electron chi connectivity index (χ0n) is 15.3. The minimum Gasteiger partial charge on any atom is -0.481 e. The molecular formula is C21H26ClNO2. The van der Waals surface area contributed by atoms with E-state index in [9.17, 15) is 4.79 Å². The maximum absolute atomic E-state index is 12.7. The van der Waals surface area contributed by atoms with E-state index in [1.165, 1.54) is 5.56 Å². The van der Waals surface area contributed by atoms with Gasteiger partial charge in [0.15, 0.2) is 6.10 Å². The van der Waals surface area contributed by atoms with E-state index < -0.39 is 6.10 Å². The second-order valence-corrected chi connectivity index (χ2v) is 7.37. The summed E-state index contributed by atoms with van der Waals surface area (Å²) >= 11 is 6.04. The molecule has 1 amide bonds. The molecule has 0 aliphatic heterocycles. The standard InChI is InChI=1S/C21H26ClNO2/c1-5-19(25-17-11-12-18(22)15(2)13-17)20(24)23-21(3,4)14-16-9-7-6-8-10-16/h6-13,19H,5,14H2,1-4H3,(H,23,24)/t19-/m0/s1. The van der Waals surface area contributed by atoms with E-state index in [4.69, 9.17) is 16.3 Å². The average Bonchev–Trinajstić information content (AvgIpc) is 2.55. The smallest absolute Gasteiger partial charge is 0.261 e. The minimum absolute atomic E-state index is 0.101. The molecule has 0 saturated carbocycles. The van der Waals surface area contributed by atoms with Crippen LogP contribution in [-0.2, 0) is 11.2 Å². The van der Waals surface area contributed by atoms with E-state index >= 15 is 0 Å². The average molecular weight is 360 g/mol. The Morgan fingerprint density at radius 2 is 1.88 bits per heavy atom. The predicted molar refractivity (Wildman–Crippen MR) is 103 cm³/mol. The van der Waals surface area contributed by atoms with Crippen LogP contribution >= 0.6 is 11.6 Å². The number of carbonyl (C=O) groups is 1. The predicted octanol–water partition coefficient (Wildman–Crippen LogP) is 4.94. The molecule has 3 nitrogen and oxygen atoms in total. The van der Waals surface area contributed by atoms with E-state index in [1.807, 2.05) is 52.0 Å². The van der Waals surface area contributed by atoms with E-state index in [-0.39, 0.29) is 11.4 Å². The molecular weight excluding hydrogens is 334 g/mol. The Morgan fingerprint density at radius 1 is 1.20 bits per heavy atom. The van der Waals surface area contributed by atoms with Crippen molar-refractivity contribution in [2.24, 2.45) is 0 Å². The van der Waals surface area contributed by atoms with Gasteiger partial charge in [-0.2, -0.15) is 0 Å². The summed E-state index contributed by atoms with van der Waals surface area (Å²) < 4.78 is 5.89. The second-order valence-electron chi connectivity index (χ2n) is 6.96. The summed E-state index contributed by atoms with van der Waals surface area (Å²) in [5, 5.41) is 3.80. The van der Waals surface area contributed by atoms with Gasteiger partial charge < -0.3 is 10.1 Å². The maximum Gasteiger partial charge on any atom is 0.261 e. The Hall–Kier alpha value is -2.00. The highest BCUT2D eigenvalue weighted by Gasteiger charge is 2.26. The van der Waals surface area contributed by atoms with Gasteiger partial charge in [-0.25, -0.2) is 0 Å². The van der Waals surface area contributed by atoms with E-state index in [0.29, 0.717) is 17.2 Å². The van der Waals surface area contributed by atoms with Crippen LogP contribution in [0.25, 0.3) is 0 Å². The van der Waals surface area contributed by atoms with Gasteiger partial charge in [-0.15, -0.1) is 0 Å². The first-order valence-electron chi connectivity index (χ1n) is 8.59. The van der Waals surface area contributed by atoms with Crippen molar-refractivity contribution >= 4 is 17.5 Å². The first-order chi connectivity index (χ1) is 11.8. The quantitative estimate of drug-likeness (QED) is 0.760. The Bertz CT molecular complexity index is 713. The molecule has 0 aliphatic carbocycles. The molecule has 0 bridgehead atoms. The highest BCUT2D eigenvalue weighted by Crippen LogP contribution is 2.23. The normalized spacial score (nSPS) is 12.5. The summed E-state index contributed by atoms with van der Waals surface area (Å²) in [5.41, 5.74) is 1.76. The van der Waals surface area contributed by atoms with Crippen molar-refractivity contribution in [2.75, 3.05) is 0 Å². The molecule has 0 aromatic heterocycles. The van der Waals surface area contributed by atoms with Crippen molar-refractivity contribution in [3.05, 3.63) is 64.7 Å². The molecule has 0 unspecified atom stereocenters. The number of benzene rings is 2. The Labute approximate surface area is 155 Å². The van der Waals surface area contributed by atoms with Gasteiger partial charge in [-0.1, -0.05) is 48.9 Å². The summed E-state index contributed by atoms with van der Waals surface area (Å²) in [5.74, 6) is 0.556. The summed E-state index contributed by atoms with van der Waals surface area (Å²) in [7, 11) is 0. The lowest BCUT2D eigenvalue weighted by molar-refractivity contribution is -0.129. The van der Waals surface area contributed by atoms with Crippen molar-refractivity contribution in [3.63, 3.8) is 0 Å². The summed E-state index contributed by atoms with van der Waals surface area (Å²) in [6.45, 7) is 7.91. The highest BCUT2D eigenvalue weighted by molar-refractivity contribution is 6.31. The number of halogens is 1. The van der Waals surface area contributed by atoms with Crippen LogP contribution in [0.2, 0.25) is 5.02 Å². The minimum atomic E-state index is -0.532. The highest BCUT2D eigenvalue weighted by atomic mass is 35.5. The first kappa shape index (κ1) is 19.3. The topological polar surface area (TPSA) is 38.3 Å².